The first-order chi connectivity index (χ1) is 9.83. The molecular weight excluding hydrogens is 335 g/mol. The predicted octanol–water partition coefficient (Wildman–Crippen LogP) is 4.51. The molecule has 21 heavy (non-hydrogen) atoms. The quantitative estimate of drug-likeness (QED) is 0.689. The van der Waals surface area contributed by atoms with Gasteiger partial charge in [0.05, 0.1) is 0 Å². The van der Waals surface area contributed by atoms with Gasteiger partial charge in [0.25, 0.3) is 0 Å². The van der Waals surface area contributed by atoms with E-state index in [0.717, 1.165) is 28.0 Å². The maximum absolute atomic E-state index is 4.31. The molecule has 1 heterocycles. The summed E-state index contributed by atoms with van der Waals surface area (Å²) < 4.78 is 0. The number of anilines is 2. The molecule has 105 valence electrons. The molecule has 3 rings (SSSR count). The van der Waals surface area contributed by atoms with E-state index >= 15 is 0 Å². The van der Waals surface area contributed by atoms with Gasteiger partial charge in [-0.15, -0.1) is 0 Å². The maximum Gasteiger partial charge on any atom is 0.117 e. The van der Waals surface area contributed by atoms with Gasteiger partial charge in [0.1, 0.15) is 12.1 Å². The van der Waals surface area contributed by atoms with Crippen LogP contribution in [0.2, 0.25) is 0 Å². The molecule has 0 bridgehead atoms. The summed E-state index contributed by atoms with van der Waals surface area (Å²) in [5.74, 6) is 0.823. The van der Waals surface area contributed by atoms with Gasteiger partial charge in [-0.1, -0.05) is 44.4 Å². The Bertz CT molecular complexity index is 684. The Morgan fingerprint density at radius 2 is 1.76 bits per heavy atom. The van der Waals surface area contributed by atoms with Crippen LogP contribution in [0.4, 0.5) is 11.5 Å². The Morgan fingerprint density at radius 1 is 1.05 bits per heavy atom. The summed E-state index contributed by atoms with van der Waals surface area (Å²) in [5, 5.41) is 4.32. The average molecular weight is 353 g/mol. The van der Waals surface area contributed by atoms with Gasteiger partial charge >= 0.3 is 0 Å². The van der Waals surface area contributed by atoms with E-state index in [-0.39, 0.29) is 32.7 Å². The van der Waals surface area contributed by atoms with E-state index in [1.54, 1.807) is 6.33 Å². The molecule has 1 aromatic heterocycles. The molecule has 0 saturated carbocycles. The second-order valence-corrected chi connectivity index (χ2v) is 4.13. The summed E-state index contributed by atoms with van der Waals surface area (Å²) in [6.07, 6.45) is 1.57. The topological polar surface area (TPSA) is 37.8 Å². The van der Waals surface area contributed by atoms with Crippen LogP contribution in [0, 0.1) is 13.0 Å². The van der Waals surface area contributed by atoms with Gasteiger partial charge in [0, 0.05) is 38.4 Å². The Hall–Kier alpha value is -1.32. The van der Waals surface area contributed by atoms with Gasteiger partial charge in [-0.2, -0.15) is 23.8 Å². The summed E-state index contributed by atoms with van der Waals surface area (Å²) in [7, 11) is 0. The fraction of sp³-hybridized carbons (Fsp3) is 0.176. The van der Waals surface area contributed by atoms with Gasteiger partial charge < -0.3 is 10.3 Å². The molecule has 2 aromatic carbocycles. The number of hydrogen-bond acceptors (Lipinski definition) is 3. The summed E-state index contributed by atoms with van der Waals surface area (Å²) in [4.78, 5) is 8.55. The van der Waals surface area contributed by atoms with Crippen LogP contribution in [-0.2, 0) is 32.7 Å². The van der Waals surface area contributed by atoms with Gasteiger partial charge in [-0.25, -0.2) is 4.98 Å². The fourth-order valence-electron chi connectivity index (χ4n) is 1.86. The standard InChI is InChI=1S/C15H12N3.C2H6.Y/c1-11-7-8-14-13(9-11)15(17-10-16-14)18-12-5-3-2-4-6-12;1-2;/h2-6,8-10H,1H3,(H,16,17,18);1-2H3;/q-1;;. The van der Waals surface area contributed by atoms with Crippen LogP contribution in [0.25, 0.3) is 10.9 Å². The second-order valence-electron chi connectivity index (χ2n) is 4.13. The number of rotatable bonds is 2. The number of hydrogen-bond donors (Lipinski definition) is 1. The molecule has 3 nitrogen and oxygen atoms in total. The maximum atomic E-state index is 4.31. The number of aromatic nitrogens is 2. The van der Waals surface area contributed by atoms with Crippen molar-refractivity contribution in [1.82, 2.24) is 9.97 Å². The zero-order chi connectivity index (χ0) is 14.4. The van der Waals surface area contributed by atoms with Crippen molar-refractivity contribution in [3.8, 4) is 0 Å². The molecule has 0 amide bonds. The molecular formula is C17H18N3Y-. The molecule has 3 aromatic rings. The molecule has 0 spiro atoms. The van der Waals surface area contributed by atoms with Crippen LogP contribution in [0.3, 0.4) is 0 Å². The molecule has 0 fully saturated rings. The smallest absolute Gasteiger partial charge is 0.117 e. The average Bonchev–Trinajstić information content (AvgIpc) is 2.51. The van der Waals surface area contributed by atoms with Crippen LogP contribution in [0.5, 0.6) is 0 Å². The van der Waals surface area contributed by atoms with Crippen molar-refractivity contribution in [3.63, 3.8) is 0 Å². The van der Waals surface area contributed by atoms with E-state index in [2.05, 4.69) is 21.4 Å². The Balaban J connectivity index is 0.000000706. The Morgan fingerprint density at radius 3 is 2.48 bits per heavy atom. The third-order valence-electron chi connectivity index (χ3n) is 2.75. The van der Waals surface area contributed by atoms with Gasteiger partial charge in [0.15, 0.2) is 0 Å². The SMILES string of the molecule is CC.Cc1[c-]cc2ncnc(Nc3ccccc3)c2c1.[Y]. The number of benzene rings is 2. The molecule has 0 saturated heterocycles. The molecule has 0 aliphatic rings. The number of fused-ring (bicyclic) bond motifs is 1. The van der Waals surface area contributed by atoms with E-state index in [9.17, 15) is 0 Å². The minimum Gasteiger partial charge on any atom is -0.341 e. The van der Waals surface area contributed by atoms with Crippen LogP contribution in [0.15, 0.2) is 48.8 Å². The molecule has 0 unspecified atom stereocenters. The molecule has 0 aliphatic heterocycles. The van der Waals surface area contributed by atoms with Crippen molar-refractivity contribution in [1.29, 1.82) is 0 Å². The van der Waals surface area contributed by atoms with Crippen molar-refractivity contribution < 1.29 is 32.7 Å². The van der Waals surface area contributed by atoms with Crippen molar-refractivity contribution >= 4 is 22.4 Å². The van der Waals surface area contributed by atoms with Crippen LogP contribution in [-0.4, -0.2) is 9.97 Å². The van der Waals surface area contributed by atoms with E-state index in [1.807, 2.05) is 63.2 Å². The van der Waals surface area contributed by atoms with Crippen molar-refractivity contribution in [3.05, 3.63) is 60.4 Å². The summed E-state index contributed by atoms with van der Waals surface area (Å²) in [5.41, 5.74) is 2.99. The first-order valence-corrected chi connectivity index (χ1v) is 6.78. The van der Waals surface area contributed by atoms with Gasteiger partial charge in [-0.3, -0.25) is 0 Å². The molecule has 0 aliphatic carbocycles. The van der Waals surface area contributed by atoms with E-state index < -0.39 is 0 Å². The number of para-hydroxylation sites is 1. The third-order valence-corrected chi connectivity index (χ3v) is 2.75. The fourth-order valence-corrected chi connectivity index (χ4v) is 1.86. The molecule has 0 atom stereocenters. The molecule has 1 N–H and O–H groups in total. The van der Waals surface area contributed by atoms with E-state index in [0.29, 0.717) is 0 Å². The van der Waals surface area contributed by atoms with E-state index in [1.165, 1.54) is 0 Å². The summed E-state index contributed by atoms with van der Waals surface area (Å²) in [6, 6.07) is 17.1. The van der Waals surface area contributed by atoms with Crippen molar-refractivity contribution in [2.24, 2.45) is 0 Å². The Kier molecular flexibility index (Phi) is 7.48. The van der Waals surface area contributed by atoms with Crippen LogP contribution >= 0.6 is 0 Å². The first kappa shape index (κ1) is 17.7. The third kappa shape index (κ3) is 4.58. The summed E-state index contributed by atoms with van der Waals surface area (Å²) in [6.45, 7) is 6.01. The van der Waals surface area contributed by atoms with Crippen molar-refractivity contribution in [2.75, 3.05) is 5.32 Å². The normalized spacial score (nSPS) is 9.29. The predicted molar refractivity (Wildman–Crippen MR) is 84.2 cm³/mol. The summed E-state index contributed by atoms with van der Waals surface area (Å²) >= 11 is 0. The minimum atomic E-state index is 0. The number of nitrogens with one attached hydrogen (secondary N) is 1. The molecule has 4 heteroatoms. The Labute approximate surface area is 151 Å². The zero-order valence-electron chi connectivity index (χ0n) is 12.6. The minimum absolute atomic E-state index is 0. The number of nitrogens with zero attached hydrogens (tertiary/aromatic N) is 2. The number of aryl methyl sites for hydroxylation is 1. The second kappa shape index (κ2) is 8.86. The van der Waals surface area contributed by atoms with Gasteiger partial charge in [-0.05, 0) is 17.6 Å². The molecule has 1 radical (unpaired) electrons. The zero-order valence-corrected chi connectivity index (χ0v) is 15.4. The first-order valence-electron chi connectivity index (χ1n) is 6.78. The van der Waals surface area contributed by atoms with E-state index in [4.69, 9.17) is 0 Å². The largest absolute Gasteiger partial charge is 0.341 e. The monoisotopic (exact) mass is 353 g/mol. The van der Waals surface area contributed by atoms with Gasteiger partial charge in [0.2, 0.25) is 0 Å². The van der Waals surface area contributed by atoms with Crippen LogP contribution in [0.1, 0.15) is 19.4 Å². The van der Waals surface area contributed by atoms with Crippen LogP contribution < -0.4 is 5.32 Å². The van der Waals surface area contributed by atoms with Crippen molar-refractivity contribution in [2.45, 2.75) is 20.8 Å².